The first-order chi connectivity index (χ1) is 11.1. The number of allylic oxidation sites excluding steroid dienone is 1. The van der Waals surface area contributed by atoms with Crippen LogP contribution in [0.25, 0.3) is 0 Å². The smallest absolute Gasteiger partial charge is 0.341 e. The van der Waals surface area contributed by atoms with Gasteiger partial charge in [0.05, 0.1) is 5.56 Å². The van der Waals surface area contributed by atoms with E-state index in [-0.39, 0.29) is 6.04 Å². The molecule has 0 radical (unpaired) electrons. The molecule has 0 saturated carbocycles. The van der Waals surface area contributed by atoms with Gasteiger partial charge in [-0.3, -0.25) is 0 Å². The number of nitrogens with zero attached hydrogens (tertiary/aromatic N) is 1. The summed E-state index contributed by atoms with van der Waals surface area (Å²) in [4.78, 5) is 4.15. The number of alkyl halides is 3. The predicted octanol–water partition coefficient (Wildman–Crippen LogP) is 5.37. The molecule has 0 spiro atoms. The molecule has 1 unspecified atom stereocenters. The van der Waals surface area contributed by atoms with Crippen LogP contribution >= 0.6 is 0 Å². The molecule has 6 heteroatoms. The first-order valence-electron chi connectivity index (χ1n) is 7.74. The van der Waals surface area contributed by atoms with Crippen LogP contribution in [-0.4, -0.2) is 12.3 Å². The van der Waals surface area contributed by atoms with Crippen molar-refractivity contribution in [2.24, 2.45) is 10.7 Å². The SMILES string of the molecule is C=C(/C=N\C(=C/C)Nc1ccc(C(F)(F)F)cc1)C(C)N.CCC. The maximum Gasteiger partial charge on any atom is 0.416 e. The van der Waals surface area contributed by atoms with Gasteiger partial charge >= 0.3 is 6.18 Å². The monoisotopic (exact) mass is 341 g/mol. The van der Waals surface area contributed by atoms with Gasteiger partial charge in [0, 0.05) is 17.9 Å². The number of anilines is 1. The molecular weight excluding hydrogens is 315 g/mol. The van der Waals surface area contributed by atoms with Crippen LogP contribution in [0.4, 0.5) is 18.9 Å². The lowest BCUT2D eigenvalue weighted by Gasteiger charge is -2.10. The molecule has 24 heavy (non-hydrogen) atoms. The third kappa shape index (κ3) is 8.53. The van der Waals surface area contributed by atoms with E-state index in [0.29, 0.717) is 17.1 Å². The van der Waals surface area contributed by atoms with E-state index in [1.165, 1.54) is 24.8 Å². The van der Waals surface area contributed by atoms with Crippen LogP contribution in [0, 0.1) is 0 Å². The maximum atomic E-state index is 12.5. The molecule has 0 fully saturated rings. The average Bonchev–Trinajstić information content (AvgIpc) is 2.51. The first-order valence-corrected chi connectivity index (χ1v) is 7.74. The highest BCUT2D eigenvalue weighted by molar-refractivity contribution is 5.80. The van der Waals surface area contributed by atoms with Crippen LogP contribution in [0.5, 0.6) is 0 Å². The maximum absolute atomic E-state index is 12.5. The summed E-state index contributed by atoms with van der Waals surface area (Å²) < 4.78 is 37.4. The summed E-state index contributed by atoms with van der Waals surface area (Å²) in [7, 11) is 0. The highest BCUT2D eigenvalue weighted by Gasteiger charge is 2.29. The Morgan fingerprint density at radius 3 is 2.17 bits per heavy atom. The van der Waals surface area contributed by atoms with Crippen LogP contribution in [0.3, 0.4) is 0 Å². The summed E-state index contributed by atoms with van der Waals surface area (Å²) in [5, 5.41) is 2.92. The molecule has 3 nitrogen and oxygen atoms in total. The van der Waals surface area contributed by atoms with Gasteiger partial charge in [-0.25, -0.2) is 4.99 Å². The van der Waals surface area contributed by atoms with Crippen molar-refractivity contribution in [1.82, 2.24) is 0 Å². The molecule has 3 N–H and O–H groups in total. The molecule has 0 bridgehead atoms. The summed E-state index contributed by atoms with van der Waals surface area (Å²) in [5.74, 6) is 0.497. The zero-order chi connectivity index (χ0) is 18.8. The van der Waals surface area contributed by atoms with Crippen LogP contribution in [0.15, 0.2) is 53.3 Å². The summed E-state index contributed by atoms with van der Waals surface area (Å²) in [6.07, 6.45) is 0.134. The Balaban J connectivity index is 0.00000163. The van der Waals surface area contributed by atoms with Gasteiger partial charge in [-0.05, 0) is 49.8 Å². The van der Waals surface area contributed by atoms with Crippen molar-refractivity contribution >= 4 is 11.9 Å². The fraction of sp³-hybridized carbons (Fsp3) is 0.389. The van der Waals surface area contributed by atoms with E-state index in [1.807, 2.05) is 0 Å². The Bertz CT molecular complexity index is 556. The van der Waals surface area contributed by atoms with Gasteiger partial charge in [-0.15, -0.1) is 0 Å². The highest BCUT2D eigenvalue weighted by Crippen LogP contribution is 2.30. The van der Waals surface area contributed by atoms with Crippen LogP contribution in [0.1, 0.15) is 39.7 Å². The van der Waals surface area contributed by atoms with Crippen molar-refractivity contribution in [1.29, 1.82) is 0 Å². The van der Waals surface area contributed by atoms with Crippen molar-refractivity contribution in [3.8, 4) is 0 Å². The lowest BCUT2D eigenvalue weighted by molar-refractivity contribution is -0.137. The van der Waals surface area contributed by atoms with E-state index in [4.69, 9.17) is 5.73 Å². The molecule has 1 aromatic rings. The molecule has 134 valence electrons. The molecule has 0 aromatic heterocycles. The fourth-order valence-corrected chi connectivity index (χ4v) is 1.34. The molecule has 0 aliphatic carbocycles. The Kier molecular flexibility index (Phi) is 9.73. The number of aliphatic imine (C=N–C) groups is 1. The van der Waals surface area contributed by atoms with Gasteiger partial charge in [-0.2, -0.15) is 13.2 Å². The van der Waals surface area contributed by atoms with Crippen molar-refractivity contribution < 1.29 is 13.2 Å². The summed E-state index contributed by atoms with van der Waals surface area (Å²) in [5.41, 5.74) is 6.12. The minimum Gasteiger partial charge on any atom is -0.341 e. The molecule has 1 atom stereocenters. The zero-order valence-corrected chi connectivity index (χ0v) is 14.6. The summed E-state index contributed by atoms with van der Waals surface area (Å²) >= 11 is 0. The first kappa shape index (κ1) is 21.9. The number of rotatable bonds is 5. The fourth-order valence-electron chi connectivity index (χ4n) is 1.34. The van der Waals surface area contributed by atoms with E-state index in [1.54, 1.807) is 19.9 Å². The molecular formula is C18H26F3N3. The number of benzene rings is 1. The molecule has 0 aliphatic heterocycles. The van der Waals surface area contributed by atoms with Crippen molar-refractivity contribution in [3.63, 3.8) is 0 Å². The third-order valence-corrected chi connectivity index (χ3v) is 2.71. The lowest BCUT2D eigenvalue weighted by Crippen LogP contribution is -2.18. The Hall–Kier alpha value is -2.08. The molecule has 0 aliphatic rings. The third-order valence-electron chi connectivity index (χ3n) is 2.71. The van der Waals surface area contributed by atoms with E-state index in [2.05, 4.69) is 30.7 Å². The van der Waals surface area contributed by atoms with Crippen molar-refractivity contribution in [2.45, 2.75) is 46.3 Å². The van der Waals surface area contributed by atoms with E-state index < -0.39 is 11.7 Å². The number of nitrogens with two attached hydrogens (primary N) is 1. The van der Waals surface area contributed by atoms with Gasteiger partial charge in [0.25, 0.3) is 0 Å². The minimum absolute atomic E-state index is 0.210. The van der Waals surface area contributed by atoms with E-state index in [0.717, 1.165) is 12.1 Å². The number of hydrogen-bond donors (Lipinski definition) is 2. The van der Waals surface area contributed by atoms with Gasteiger partial charge < -0.3 is 11.1 Å². The average molecular weight is 341 g/mol. The molecule has 0 heterocycles. The molecule has 1 aromatic carbocycles. The quantitative estimate of drug-likeness (QED) is 0.708. The Morgan fingerprint density at radius 2 is 1.79 bits per heavy atom. The van der Waals surface area contributed by atoms with Gasteiger partial charge in [-0.1, -0.05) is 26.8 Å². The van der Waals surface area contributed by atoms with E-state index >= 15 is 0 Å². The highest BCUT2D eigenvalue weighted by atomic mass is 19.4. The van der Waals surface area contributed by atoms with Gasteiger partial charge in [0.15, 0.2) is 0 Å². The topological polar surface area (TPSA) is 50.4 Å². The molecule has 0 amide bonds. The number of nitrogens with one attached hydrogen (secondary N) is 1. The van der Waals surface area contributed by atoms with Crippen LogP contribution < -0.4 is 11.1 Å². The molecule has 0 saturated heterocycles. The zero-order valence-electron chi connectivity index (χ0n) is 14.6. The predicted molar refractivity (Wildman–Crippen MR) is 96.1 cm³/mol. The van der Waals surface area contributed by atoms with Crippen molar-refractivity contribution in [2.75, 3.05) is 5.32 Å². The number of hydrogen-bond acceptors (Lipinski definition) is 3. The largest absolute Gasteiger partial charge is 0.416 e. The second-order valence-electron chi connectivity index (χ2n) is 5.20. The minimum atomic E-state index is -4.34. The lowest BCUT2D eigenvalue weighted by atomic mass is 10.2. The molecule has 1 rings (SSSR count). The second-order valence-corrected chi connectivity index (χ2v) is 5.20. The summed E-state index contributed by atoms with van der Waals surface area (Å²) in [6.45, 7) is 11.5. The van der Waals surface area contributed by atoms with Crippen molar-refractivity contribution in [3.05, 3.63) is 53.9 Å². The van der Waals surface area contributed by atoms with Gasteiger partial charge in [0.2, 0.25) is 0 Å². The Morgan fingerprint density at radius 1 is 1.29 bits per heavy atom. The number of halogens is 3. The normalized spacial score (nSPS) is 13.2. The second kappa shape index (κ2) is 10.6. The van der Waals surface area contributed by atoms with Crippen LogP contribution in [-0.2, 0) is 6.18 Å². The van der Waals surface area contributed by atoms with Crippen LogP contribution in [0.2, 0.25) is 0 Å². The standard InChI is InChI=1S/C15H18F3N3.C3H8/c1-4-14(20-9-10(2)11(3)19)21-13-7-5-12(6-8-13)15(16,17)18;1-3-2/h4-9,11,21H,2,19H2,1,3H3;3H2,1-2H3/b14-4+,20-9-;. The van der Waals surface area contributed by atoms with Gasteiger partial charge in [0.1, 0.15) is 5.82 Å². The summed E-state index contributed by atoms with van der Waals surface area (Å²) in [6, 6.07) is 4.52. The van der Waals surface area contributed by atoms with E-state index in [9.17, 15) is 13.2 Å². The Labute approximate surface area is 142 Å².